The van der Waals surface area contributed by atoms with E-state index in [1.54, 1.807) is 6.07 Å². The largest absolute Gasteiger partial charge is 0.479 e. The zero-order valence-electron chi connectivity index (χ0n) is 17.9. The minimum Gasteiger partial charge on any atom is -0.479 e. The van der Waals surface area contributed by atoms with E-state index in [1.807, 2.05) is 22.6 Å². The average Bonchev–Trinajstić information content (AvgIpc) is 2.89. The summed E-state index contributed by atoms with van der Waals surface area (Å²) in [6, 6.07) is 12.4. The number of nitrogens with one attached hydrogen (secondary N) is 1. The molecule has 4 rings (SSSR count). The van der Waals surface area contributed by atoms with Crippen molar-refractivity contribution in [3.05, 3.63) is 92.0 Å². The third-order valence-electron chi connectivity index (χ3n) is 5.36. The van der Waals surface area contributed by atoms with Crippen LogP contribution in [0.2, 0.25) is 5.02 Å². The maximum absolute atomic E-state index is 13.8. The van der Waals surface area contributed by atoms with Gasteiger partial charge in [-0.2, -0.15) is 13.2 Å². The topological polar surface area (TPSA) is 86.7 Å². The number of halogens is 5. The van der Waals surface area contributed by atoms with Crippen LogP contribution in [0.5, 0.6) is 0 Å². The van der Waals surface area contributed by atoms with Gasteiger partial charge in [0, 0.05) is 13.5 Å². The van der Waals surface area contributed by atoms with Crippen molar-refractivity contribution in [3.63, 3.8) is 0 Å². The molecule has 2 N–H and O–H groups in total. The number of benzene rings is 3. The fraction of sp³-hybridized carbons (Fsp3) is 0.125. The standard InChI is InChI=1S/C24H15ClF3IN2O4S/c25-14-5-1-13(2-6-14)20(23(34)35)31-19(12-3-8-16(9-4-12)36-24(26,27)28)21(32)30-18-10-7-15(29)11-17(18)22(31)33/h1-11,19-20H,(H,30,32)(H,34,35). The molecule has 0 saturated carbocycles. The molecule has 3 aromatic rings. The van der Waals surface area contributed by atoms with Gasteiger partial charge in [0.05, 0.1) is 11.3 Å². The Kier molecular flexibility index (Phi) is 7.53. The zero-order valence-corrected chi connectivity index (χ0v) is 21.7. The second-order valence-corrected chi connectivity index (χ2v) is 10.5. The second kappa shape index (κ2) is 10.3. The number of hydrogen-bond donors (Lipinski definition) is 2. The number of rotatable bonds is 5. The van der Waals surface area contributed by atoms with Gasteiger partial charge in [-0.25, -0.2) is 4.79 Å². The number of hydrogen-bond acceptors (Lipinski definition) is 4. The third-order valence-corrected chi connectivity index (χ3v) is 7.02. The first-order valence-electron chi connectivity index (χ1n) is 10.2. The van der Waals surface area contributed by atoms with Crippen molar-refractivity contribution in [2.75, 3.05) is 5.32 Å². The molecular weight excluding hydrogens is 632 g/mol. The molecule has 2 atom stereocenters. The molecule has 0 spiro atoms. The first-order chi connectivity index (χ1) is 16.9. The van der Waals surface area contributed by atoms with Crippen LogP contribution in [-0.2, 0) is 9.59 Å². The quantitative estimate of drug-likeness (QED) is 0.244. The molecule has 0 aromatic heterocycles. The number of anilines is 1. The number of aliphatic carboxylic acids is 1. The van der Waals surface area contributed by atoms with E-state index in [2.05, 4.69) is 5.32 Å². The Hall–Kier alpha value is -2.77. The van der Waals surface area contributed by atoms with Gasteiger partial charge in [-0.3, -0.25) is 9.59 Å². The van der Waals surface area contributed by atoms with Gasteiger partial charge in [0.1, 0.15) is 6.04 Å². The van der Waals surface area contributed by atoms with Crippen LogP contribution >= 0.6 is 46.0 Å². The molecule has 1 heterocycles. The molecule has 2 amide bonds. The number of carbonyl (C=O) groups is 3. The first kappa shape index (κ1) is 26.3. The van der Waals surface area contributed by atoms with Crippen LogP contribution in [0.25, 0.3) is 0 Å². The molecule has 0 radical (unpaired) electrons. The predicted molar refractivity (Wildman–Crippen MR) is 137 cm³/mol. The molecular formula is C24H15ClF3IN2O4S. The molecule has 0 saturated heterocycles. The van der Waals surface area contributed by atoms with Crippen LogP contribution in [0.15, 0.2) is 71.6 Å². The minimum atomic E-state index is -4.51. The Labute approximate surface area is 226 Å². The van der Waals surface area contributed by atoms with Crippen molar-refractivity contribution in [2.24, 2.45) is 0 Å². The summed E-state index contributed by atoms with van der Waals surface area (Å²) < 4.78 is 39.1. The predicted octanol–water partition coefficient (Wildman–Crippen LogP) is 6.52. The summed E-state index contributed by atoms with van der Waals surface area (Å²) in [5.41, 5.74) is -3.89. The molecule has 3 aromatic carbocycles. The summed E-state index contributed by atoms with van der Waals surface area (Å²) in [6.07, 6.45) is 0. The van der Waals surface area contributed by atoms with Crippen LogP contribution in [0.1, 0.15) is 33.6 Å². The van der Waals surface area contributed by atoms with Crippen LogP contribution in [0.3, 0.4) is 0 Å². The van der Waals surface area contributed by atoms with Crippen LogP contribution < -0.4 is 5.32 Å². The molecule has 1 aliphatic heterocycles. The number of carboxylic acid groups (broad SMARTS) is 1. The third kappa shape index (κ3) is 5.62. The number of carbonyl (C=O) groups excluding carboxylic acids is 2. The molecule has 0 aliphatic carbocycles. The van der Waals surface area contributed by atoms with E-state index < -0.39 is 35.4 Å². The van der Waals surface area contributed by atoms with Crippen molar-refractivity contribution >= 4 is 69.4 Å². The van der Waals surface area contributed by atoms with Gasteiger partial charge in [0.25, 0.3) is 11.8 Å². The van der Waals surface area contributed by atoms with E-state index in [1.165, 1.54) is 60.7 Å². The van der Waals surface area contributed by atoms with Crippen LogP contribution in [0.4, 0.5) is 18.9 Å². The Morgan fingerprint density at radius 1 is 1.06 bits per heavy atom. The molecule has 12 heteroatoms. The van der Waals surface area contributed by atoms with Crippen molar-refractivity contribution in [1.29, 1.82) is 0 Å². The van der Waals surface area contributed by atoms with E-state index in [4.69, 9.17) is 11.6 Å². The highest BCUT2D eigenvalue weighted by Crippen LogP contribution is 2.40. The molecule has 1 aliphatic rings. The summed E-state index contributed by atoms with van der Waals surface area (Å²) in [5, 5.41) is 13.2. The Bertz CT molecular complexity index is 1340. The highest BCUT2D eigenvalue weighted by atomic mass is 127. The molecule has 2 unspecified atom stereocenters. The van der Waals surface area contributed by atoms with Crippen LogP contribution in [0, 0.1) is 3.57 Å². The molecule has 0 fully saturated rings. The SMILES string of the molecule is O=C(O)C(c1ccc(Cl)cc1)N1C(=O)c2cc(I)ccc2NC(=O)C1c1ccc(SC(F)(F)F)cc1. The lowest BCUT2D eigenvalue weighted by molar-refractivity contribution is -0.144. The second-order valence-electron chi connectivity index (χ2n) is 7.70. The van der Waals surface area contributed by atoms with E-state index in [0.717, 1.165) is 4.90 Å². The van der Waals surface area contributed by atoms with Gasteiger partial charge < -0.3 is 15.3 Å². The smallest absolute Gasteiger partial charge is 0.446 e. The fourth-order valence-corrected chi connectivity index (χ4v) is 5.04. The van der Waals surface area contributed by atoms with E-state index >= 15 is 0 Å². The zero-order chi connectivity index (χ0) is 26.2. The van der Waals surface area contributed by atoms with Crippen molar-refractivity contribution in [3.8, 4) is 0 Å². The van der Waals surface area contributed by atoms with E-state index in [0.29, 0.717) is 8.59 Å². The molecule has 186 valence electrons. The number of carboxylic acids is 1. The lowest BCUT2D eigenvalue weighted by Crippen LogP contribution is -2.44. The molecule has 36 heavy (non-hydrogen) atoms. The summed E-state index contributed by atoms with van der Waals surface area (Å²) in [7, 11) is 0. The number of alkyl halides is 3. The minimum absolute atomic E-state index is 0.0854. The van der Waals surface area contributed by atoms with Crippen molar-refractivity contribution in [2.45, 2.75) is 22.5 Å². The van der Waals surface area contributed by atoms with Gasteiger partial charge in [-0.15, -0.1) is 0 Å². The fourth-order valence-electron chi connectivity index (χ4n) is 3.88. The van der Waals surface area contributed by atoms with Crippen LogP contribution in [-0.4, -0.2) is 33.3 Å². The van der Waals surface area contributed by atoms with Gasteiger partial charge in [0.15, 0.2) is 6.04 Å². The average molecular weight is 647 g/mol. The highest BCUT2D eigenvalue weighted by Gasteiger charge is 2.44. The maximum Gasteiger partial charge on any atom is 0.446 e. The van der Waals surface area contributed by atoms with E-state index in [9.17, 15) is 32.7 Å². The highest BCUT2D eigenvalue weighted by molar-refractivity contribution is 14.1. The Balaban J connectivity index is 1.88. The molecule has 0 bridgehead atoms. The summed E-state index contributed by atoms with van der Waals surface area (Å²) in [6.45, 7) is 0. The van der Waals surface area contributed by atoms with Gasteiger partial charge >= 0.3 is 11.5 Å². The summed E-state index contributed by atoms with van der Waals surface area (Å²) in [5.74, 6) is -2.84. The van der Waals surface area contributed by atoms with Crippen molar-refractivity contribution in [1.82, 2.24) is 4.90 Å². The number of nitrogens with zero attached hydrogens (tertiary/aromatic N) is 1. The number of thioether (sulfide) groups is 1. The van der Waals surface area contributed by atoms with Gasteiger partial charge in [-0.1, -0.05) is 35.9 Å². The molecule has 6 nitrogen and oxygen atoms in total. The summed E-state index contributed by atoms with van der Waals surface area (Å²) in [4.78, 5) is 40.6. The lowest BCUT2D eigenvalue weighted by atomic mass is 9.98. The number of fused-ring (bicyclic) bond motifs is 1. The lowest BCUT2D eigenvalue weighted by Gasteiger charge is -2.34. The Morgan fingerprint density at radius 3 is 2.28 bits per heavy atom. The van der Waals surface area contributed by atoms with Gasteiger partial charge in [0.2, 0.25) is 0 Å². The first-order valence-corrected chi connectivity index (χ1v) is 12.5. The number of amides is 2. The normalized spacial score (nSPS) is 16.7. The Morgan fingerprint density at radius 2 is 1.69 bits per heavy atom. The monoisotopic (exact) mass is 646 g/mol. The maximum atomic E-state index is 13.8. The summed E-state index contributed by atoms with van der Waals surface area (Å²) >= 11 is 7.62. The van der Waals surface area contributed by atoms with Crippen molar-refractivity contribution < 1.29 is 32.7 Å². The van der Waals surface area contributed by atoms with Gasteiger partial charge in [-0.05, 0) is 87.9 Å². The van der Waals surface area contributed by atoms with E-state index in [-0.39, 0.29) is 39.0 Å².